The number of anilines is 4. The zero-order chi connectivity index (χ0) is 24.8. The van der Waals surface area contributed by atoms with Gasteiger partial charge in [-0.2, -0.15) is 20.1 Å². The second-order valence-corrected chi connectivity index (χ2v) is 7.42. The first-order valence-electron chi connectivity index (χ1n) is 10.5. The van der Waals surface area contributed by atoms with E-state index in [4.69, 9.17) is 4.74 Å². The molecule has 0 spiro atoms. The molecule has 0 amide bonds. The molecule has 4 rings (SSSR count). The second kappa shape index (κ2) is 10.5. The Kier molecular flexibility index (Phi) is 7.02. The molecule has 2 heterocycles. The first-order valence-corrected chi connectivity index (χ1v) is 10.5. The number of hydrogen-bond acceptors (Lipinski definition) is 12. The van der Waals surface area contributed by atoms with E-state index in [0.29, 0.717) is 49.2 Å². The number of nitro benzene ring substituents is 2. The van der Waals surface area contributed by atoms with Crippen molar-refractivity contribution in [3.8, 4) is 0 Å². The molecule has 0 radical (unpaired) electrons. The van der Waals surface area contributed by atoms with Gasteiger partial charge in [0.2, 0.25) is 17.8 Å². The van der Waals surface area contributed by atoms with Crippen LogP contribution in [0, 0.1) is 20.2 Å². The lowest BCUT2D eigenvalue weighted by Crippen LogP contribution is -2.37. The topological polar surface area (TPSA) is 174 Å². The molecule has 1 aliphatic rings. The van der Waals surface area contributed by atoms with Crippen LogP contribution in [-0.2, 0) is 4.74 Å². The summed E-state index contributed by atoms with van der Waals surface area (Å²) in [6.45, 7) is 4.03. The van der Waals surface area contributed by atoms with E-state index in [1.165, 1.54) is 24.3 Å². The minimum atomic E-state index is -0.476. The number of nitrogens with zero attached hydrogens (tertiary/aromatic N) is 7. The highest BCUT2D eigenvalue weighted by Gasteiger charge is 2.17. The normalized spacial score (nSPS) is 13.9. The average molecular weight is 479 g/mol. The monoisotopic (exact) mass is 479 g/mol. The number of ether oxygens (including phenoxy) is 1. The van der Waals surface area contributed by atoms with Gasteiger partial charge < -0.3 is 15.0 Å². The van der Waals surface area contributed by atoms with Crippen molar-refractivity contribution in [3.05, 3.63) is 74.3 Å². The lowest BCUT2D eigenvalue weighted by molar-refractivity contribution is -0.385. The Labute approximate surface area is 199 Å². The molecular weight excluding hydrogens is 458 g/mol. The molecule has 0 saturated carbocycles. The fraction of sp³-hybridized carbons (Fsp3) is 0.238. The SMILES string of the molecule is C/C(=N/Nc1nc(Nc2ccc([N+](=O)[O-])cc2)nc(N2CCOCC2)n1)c1ccc([N+](=O)[O-])cc1. The molecule has 1 aromatic heterocycles. The minimum absolute atomic E-state index is 0.0101. The molecule has 35 heavy (non-hydrogen) atoms. The van der Waals surface area contributed by atoms with E-state index in [1.807, 2.05) is 4.90 Å². The molecule has 1 fully saturated rings. The van der Waals surface area contributed by atoms with Crippen molar-refractivity contribution in [1.29, 1.82) is 0 Å². The van der Waals surface area contributed by atoms with E-state index >= 15 is 0 Å². The molecule has 1 saturated heterocycles. The quantitative estimate of drug-likeness (QED) is 0.276. The fourth-order valence-corrected chi connectivity index (χ4v) is 3.19. The molecule has 180 valence electrons. The molecule has 3 aromatic rings. The summed E-state index contributed by atoms with van der Waals surface area (Å²) in [4.78, 5) is 36.0. The highest BCUT2D eigenvalue weighted by molar-refractivity contribution is 5.99. The van der Waals surface area contributed by atoms with Crippen LogP contribution in [0.15, 0.2) is 53.6 Å². The Hall–Kier alpha value is -4.72. The van der Waals surface area contributed by atoms with Crippen LogP contribution in [0.3, 0.4) is 0 Å². The first kappa shape index (κ1) is 23.4. The molecule has 0 unspecified atom stereocenters. The number of non-ortho nitro benzene ring substituents is 2. The van der Waals surface area contributed by atoms with Crippen molar-refractivity contribution < 1.29 is 14.6 Å². The summed E-state index contributed by atoms with van der Waals surface area (Å²) in [6, 6.07) is 11.9. The van der Waals surface area contributed by atoms with Gasteiger partial charge >= 0.3 is 0 Å². The van der Waals surface area contributed by atoms with Crippen LogP contribution >= 0.6 is 0 Å². The predicted molar refractivity (Wildman–Crippen MR) is 128 cm³/mol. The third-order valence-corrected chi connectivity index (χ3v) is 5.07. The van der Waals surface area contributed by atoms with Crippen molar-refractivity contribution in [2.45, 2.75) is 6.92 Å². The summed E-state index contributed by atoms with van der Waals surface area (Å²) in [5.74, 6) is 0.812. The van der Waals surface area contributed by atoms with E-state index in [2.05, 4.69) is 30.8 Å². The third-order valence-electron chi connectivity index (χ3n) is 5.07. The highest BCUT2D eigenvalue weighted by Crippen LogP contribution is 2.21. The van der Waals surface area contributed by atoms with Gasteiger partial charge in [0, 0.05) is 43.0 Å². The number of nitro groups is 2. The molecule has 2 N–H and O–H groups in total. The number of nitrogens with one attached hydrogen (secondary N) is 2. The van der Waals surface area contributed by atoms with Gasteiger partial charge in [0.1, 0.15) is 0 Å². The molecule has 0 bridgehead atoms. The number of aromatic nitrogens is 3. The number of hydrazone groups is 1. The molecule has 1 aliphatic heterocycles. The van der Waals surface area contributed by atoms with Gasteiger partial charge in [-0.25, -0.2) is 5.43 Å². The smallest absolute Gasteiger partial charge is 0.269 e. The van der Waals surface area contributed by atoms with Crippen LogP contribution in [0.25, 0.3) is 0 Å². The van der Waals surface area contributed by atoms with Crippen molar-refractivity contribution in [3.63, 3.8) is 0 Å². The van der Waals surface area contributed by atoms with Gasteiger partial charge in [-0.3, -0.25) is 20.2 Å². The standard InChI is InChI=1S/C21H21N9O5/c1-14(15-2-6-17(7-3-15)29(31)32)26-27-20-23-19(22-16-4-8-18(9-5-16)30(33)34)24-21(25-20)28-10-12-35-13-11-28/h2-9H,10-13H2,1H3,(H2,22,23,24,25,27)/b26-14-. The number of morpholine rings is 1. The Morgan fingerprint density at radius 2 is 1.49 bits per heavy atom. The van der Waals surface area contributed by atoms with E-state index in [1.54, 1.807) is 31.2 Å². The lowest BCUT2D eigenvalue weighted by atomic mass is 10.1. The molecule has 2 aromatic carbocycles. The van der Waals surface area contributed by atoms with Gasteiger partial charge in [-0.1, -0.05) is 0 Å². The summed E-state index contributed by atoms with van der Waals surface area (Å²) in [7, 11) is 0. The van der Waals surface area contributed by atoms with E-state index in [0.717, 1.165) is 0 Å². The fourth-order valence-electron chi connectivity index (χ4n) is 3.19. The largest absolute Gasteiger partial charge is 0.378 e. The zero-order valence-electron chi connectivity index (χ0n) is 18.6. The Bertz CT molecular complexity index is 1240. The van der Waals surface area contributed by atoms with Crippen molar-refractivity contribution in [2.75, 3.05) is 41.9 Å². The summed E-state index contributed by atoms with van der Waals surface area (Å²) < 4.78 is 5.40. The van der Waals surface area contributed by atoms with Gasteiger partial charge in [0.15, 0.2) is 0 Å². The Balaban J connectivity index is 1.57. The van der Waals surface area contributed by atoms with Crippen LogP contribution in [0.5, 0.6) is 0 Å². The van der Waals surface area contributed by atoms with Crippen LogP contribution in [0.1, 0.15) is 12.5 Å². The van der Waals surface area contributed by atoms with Gasteiger partial charge in [-0.05, 0) is 36.8 Å². The Morgan fingerprint density at radius 1 is 0.914 bits per heavy atom. The van der Waals surface area contributed by atoms with Crippen LogP contribution < -0.4 is 15.6 Å². The number of hydrogen-bond donors (Lipinski definition) is 2. The molecule has 0 atom stereocenters. The predicted octanol–water partition coefficient (Wildman–Crippen LogP) is 3.10. The zero-order valence-corrected chi connectivity index (χ0v) is 18.6. The van der Waals surface area contributed by atoms with Crippen molar-refractivity contribution in [2.24, 2.45) is 5.10 Å². The van der Waals surface area contributed by atoms with E-state index in [-0.39, 0.29) is 23.3 Å². The van der Waals surface area contributed by atoms with E-state index < -0.39 is 9.85 Å². The lowest BCUT2D eigenvalue weighted by Gasteiger charge is -2.27. The van der Waals surface area contributed by atoms with Gasteiger partial charge in [0.05, 0.1) is 28.8 Å². The number of benzene rings is 2. The maximum absolute atomic E-state index is 10.9. The summed E-state index contributed by atoms with van der Waals surface area (Å²) >= 11 is 0. The molecule has 14 heteroatoms. The summed E-state index contributed by atoms with van der Waals surface area (Å²) in [6.07, 6.45) is 0. The van der Waals surface area contributed by atoms with Gasteiger partial charge in [-0.15, -0.1) is 0 Å². The maximum atomic E-state index is 10.9. The van der Waals surface area contributed by atoms with Crippen LogP contribution in [0.2, 0.25) is 0 Å². The third kappa shape index (κ3) is 6.00. The molecule has 14 nitrogen and oxygen atoms in total. The molecule has 0 aliphatic carbocycles. The van der Waals surface area contributed by atoms with E-state index in [9.17, 15) is 20.2 Å². The summed E-state index contributed by atoms with van der Waals surface area (Å²) in [5.41, 5.74) is 4.59. The minimum Gasteiger partial charge on any atom is -0.378 e. The van der Waals surface area contributed by atoms with Crippen molar-refractivity contribution in [1.82, 2.24) is 15.0 Å². The highest BCUT2D eigenvalue weighted by atomic mass is 16.6. The Morgan fingerprint density at radius 3 is 2.09 bits per heavy atom. The van der Waals surface area contributed by atoms with Crippen LogP contribution in [0.4, 0.5) is 34.9 Å². The average Bonchev–Trinajstić information content (AvgIpc) is 2.88. The molecular formula is C21H21N9O5. The van der Waals surface area contributed by atoms with Gasteiger partial charge in [0.25, 0.3) is 11.4 Å². The second-order valence-electron chi connectivity index (χ2n) is 7.42. The van der Waals surface area contributed by atoms with Crippen molar-refractivity contribution >= 4 is 40.6 Å². The van der Waals surface area contributed by atoms with Crippen LogP contribution in [-0.4, -0.2) is 56.8 Å². The maximum Gasteiger partial charge on any atom is 0.269 e. The first-order chi connectivity index (χ1) is 16.9. The summed E-state index contributed by atoms with van der Waals surface area (Å²) in [5, 5.41) is 29.1. The number of rotatable bonds is 8.